The number of esters is 1. The SMILES string of the molecule is COC(=O)CCCC(=O)N1Cc2cc(Br)ccc2/C=C\c2ccccc21. The number of anilines is 1. The molecular formula is C21H20BrNO3. The molecule has 0 aliphatic carbocycles. The van der Waals surface area contributed by atoms with E-state index in [0.29, 0.717) is 19.4 Å². The molecule has 2 aromatic carbocycles. The van der Waals surface area contributed by atoms with Crippen molar-refractivity contribution < 1.29 is 14.3 Å². The lowest BCUT2D eigenvalue weighted by Crippen LogP contribution is -2.31. The van der Waals surface area contributed by atoms with Crippen LogP contribution in [-0.2, 0) is 20.9 Å². The molecule has 1 aliphatic rings. The molecule has 2 aromatic rings. The molecule has 1 heterocycles. The van der Waals surface area contributed by atoms with Gasteiger partial charge in [-0.15, -0.1) is 0 Å². The highest BCUT2D eigenvalue weighted by Gasteiger charge is 2.21. The number of para-hydroxylation sites is 1. The van der Waals surface area contributed by atoms with Gasteiger partial charge in [0.05, 0.1) is 19.3 Å². The van der Waals surface area contributed by atoms with Gasteiger partial charge >= 0.3 is 5.97 Å². The Kier molecular flexibility index (Phi) is 5.89. The maximum Gasteiger partial charge on any atom is 0.305 e. The van der Waals surface area contributed by atoms with E-state index in [-0.39, 0.29) is 18.3 Å². The Morgan fingerprint density at radius 1 is 1.08 bits per heavy atom. The van der Waals surface area contributed by atoms with E-state index in [1.54, 1.807) is 4.90 Å². The topological polar surface area (TPSA) is 46.6 Å². The molecule has 0 radical (unpaired) electrons. The number of fused-ring (bicyclic) bond motifs is 2. The van der Waals surface area contributed by atoms with Gasteiger partial charge in [0.15, 0.2) is 0 Å². The van der Waals surface area contributed by atoms with Crippen LogP contribution in [0.15, 0.2) is 46.9 Å². The van der Waals surface area contributed by atoms with Crippen molar-refractivity contribution in [1.82, 2.24) is 0 Å². The third-order valence-electron chi connectivity index (χ3n) is 4.40. The van der Waals surface area contributed by atoms with Crippen LogP contribution < -0.4 is 4.90 Å². The van der Waals surface area contributed by atoms with Gasteiger partial charge in [0.1, 0.15) is 0 Å². The Morgan fingerprint density at radius 2 is 1.85 bits per heavy atom. The second-order valence-electron chi connectivity index (χ2n) is 6.14. The quantitative estimate of drug-likeness (QED) is 0.675. The first-order valence-electron chi connectivity index (χ1n) is 8.51. The van der Waals surface area contributed by atoms with Crippen LogP contribution in [0.1, 0.15) is 36.0 Å². The fraction of sp³-hybridized carbons (Fsp3) is 0.238. The number of hydrogen-bond donors (Lipinski definition) is 0. The molecule has 0 spiro atoms. The van der Waals surface area contributed by atoms with Gasteiger partial charge in [-0.1, -0.05) is 52.3 Å². The molecule has 0 saturated heterocycles. The highest BCUT2D eigenvalue weighted by molar-refractivity contribution is 9.10. The summed E-state index contributed by atoms with van der Waals surface area (Å²) in [4.78, 5) is 26.0. The lowest BCUT2D eigenvalue weighted by molar-refractivity contribution is -0.140. The van der Waals surface area contributed by atoms with Gasteiger partial charge in [0.25, 0.3) is 0 Å². The fourth-order valence-electron chi connectivity index (χ4n) is 3.03. The maximum absolute atomic E-state index is 12.9. The van der Waals surface area contributed by atoms with Crippen LogP contribution in [0.4, 0.5) is 5.69 Å². The summed E-state index contributed by atoms with van der Waals surface area (Å²) in [6.45, 7) is 0.493. The fourth-order valence-corrected chi connectivity index (χ4v) is 3.44. The molecule has 0 saturated carbocycles. The van der Waals surface area contributed by atoms with E-state index in [2.05, 4.69) is 26.7 Å². The normalized spacial score (nSPS) is 13.8. The largest absolute Gasteiger partial charge is 0.469 e. The van der Waals surface area contributed by atoms with Crippen molar-refractivity contribution in [3.05, 3.63) is 63.6 Å². The van der Waals surface area contributed by atoms with Crippen LogP contribution >= 0.6 is 15.9 Å². The second kappa shape index (κ2) is 8.32. The van der Waals surface area contributed by atoms with Crippen molar-refractivity contribution in [2.24, 2.45) is 0 Å². The molecule has 4 nitrogen and oxygen atoms in total. The predicted octanol–water partition coefficient (Wildman–Crippen LogP) is 4.81. The molecule has 0 atom stereocenters. The van der Waals surface area contributed by atoms with Crippen LogP contribution in [-0.4, -0.2) is 19.0 Å². The summed E-state index contributed by atoms with van der Waals surface area (Å²) < 4.78 is 5.63. The van der Waals surface area contributed by atoms with Crippen LogP contribution in [0.5, 0.6) is 0 Å². The summed E-state index contributed by atoms with van der Waals surface area (Å²) in [7, 11) is 1.36. The molecule has 0 fully saturated rings. The number of halogens is 1. The van der Waals surface area contributed by atoms with E-state index in [4.69, 9.17) is 0 Å². The highest BCUT2D eigenvalue weighted by atomic mass is 79.9. The Labute approximate surface area is 161 Å². The first-order valence-corrected chi connectivity index (χ1v) is 9.30. The first kappa shape index (κ1) is 18.4. The van der Waals surface area contributed by atoms with Gasteiger partial charge < -0.3 is 9.64 Å². The number of carbonyl (C=O) groups is 2. The van der Waals surface area contributed by atoms with Gasteiger partial charge in [-0.2, -0.15) is 0 Å². The van der Waals surface area contributed by atoms with Crippen molar-refractivity contribution in [3.8, 4) is 0 Å². The zero-order valence-electron chi connectivity index (χ0n) is 14.6. The van der Waals surface area contributed by atoms with Crippen molar-refractivity contribution in [2.45, 2.75) is 25.8 Å². The lowest BCUT2D eigenvalue weighted by atomic mass is 10.0. The monoisotopic (exact) mass is 413 g/mol. The third-order valence-corrected chi connectivity index (χ3v) is 4.90. The molecule has 134 valence electrons. The standard InChI is InChI=1S/C21H20BrNO3/c1-26-21(25)8-4-7-20(24)23-14-17-13-18(22)12-11-15(17)9-10-16-5-2-3-6-19(16)23/h2-3,5-6,9-13H,4,7-8,14H2,1H3/b10-9-. The van der Waals surface area contributed by atoms with Crippen LogP contribution in [0.3, 0.4) is 0 Å². The van der Waals surface area contributed by atoms with Crippen LogP contribution in [0, 0.1) is 0 Å². The summed E-state index contributed by atoms with van der Waals surface area (Å²) in [5.74, 6) is -0.286. The number of ether oxygens (including phenoxy) is 1. The highest BCUT2D eigenvalue weighted by Crippen LogP contribution is 2.30. The molecule has 5 heteroatoms. The maximum atomic E-state index is 12.9. The number of carbonyl (C=O) groups excluding carboxylic acids is 2. The number of amides is 1. The minimum absolute atomic E-state index is 0.00239. The zero-order chi connectivity index (χ0) is 18.5. The van der Waals surface area contributed by atoms with Crippen molar-refractivity contribution >= 4 is 45.6 Å². The summed E-state index contributed by atoms with van der Waals surface area (Å²) in [6, 6.07) is 14.0. The first-order chi connectivity index (χ1) is 12.6. The molecule has 0 unspecified atom stereocenters. The number of methoxy groups -OCH3 is 1. The zero-order valence-corrected chi connectivity index (χ0v) is 16.2. The van der Waals surface area contributed by atoms with Gasteiger partial charge in [-0.05, 0) is 41.3 Å². The van der Waals surface area contributed by atoms with Gasteiger partial charge in [0, 0.05) is 17.3 Å². The third kappa shape index (κ3) is 4.22. The van der Waals surface area contributed by atoms with E-state index in [1.807, 2.05) is 48.5 Å². The van der Waals surface area contributed by atoms with Crippen LogP contribution in [0.25, 0.3) is 12.2 Å². The lowest BCUT2D eigenvalue weighted by Gasteiger charge is -2.27. The van der Waals surface area contributed by atoms with E-state index < -0.39 is 0 Å². The molecule has 0 bridgehead atoms. The van der Waals surface area contributed by atoms with E-state index in [9.17, 15) is 9.59 Å². The van der Waals surface area contributed by atoms with E-state index in [1.165, 1.54) is 7.11 Å². The smallest absolute Gasteiger partial charge is 0.305 e. The summed E-state index contributed by atoms with van der Waals surface area (Å²) in [6.07, 6.45) is 5.15. The Bertz CT molecular complexity index is 860. The van der Waals surface area contributed by atoms with Crippen molar-refractivity contribution in [3.63, 3.8) is 0 Å². The molecule has 26 heavy (non-hydrogen) atoms. The number of rotatable bonds is 4. The molecule has 0 aromatic heterocycles. The van der Waals surface area contributed by atoms with E-state index in [0.717, 1.165) is 26.9 Å². The van der Waals surface area contributed by atoms with Gasteiger partial charge in [0.2, 0.25) is 5.91 Å². The molecule has 1 aliphatic heterocycles. The molecule has 3 rings (SSSR count). The Hall–Kier alpha value is -2.40. The average Bonchev–Trinajstić information content (AvgIpc) is 2.63. The minimum atomic E-state index is -0.289. The summed E-state index contributed by atoms with van der Waals surface area (Å²) >= 11 is 3.51. The number of benzene rings is 2. The molecular weight excluding hydrogens is 394 g/mol. The minimum Gasteiger partial charge on any atom is -0.469 e. The Balaban J connectivity index is 1.91. The van der Waals surface area contributed by atoms with Crippen molar-refractivity contribution in [2.75, 3.05) is 12.0 Å². The van der Waals surface area contributed by atoms with Crippen LogP contribution in [0.2, 0.25) is 0 Å². The molecule has 1 amide bonds. The van der Waals surface area contributed by atoms with Crippen molar-refractivity contribution in [1.29, 1.82) is 0 Å². The van der Waals surface area contributed by atoms with Gasteiger partial charge in [-0.3, -0.25) is 9.59 Å². The predicted molar refractivity (Wildman–Crippen MR) is 107 cm³/mol. The van der Waals surface area contributed by atoms with Gasteiger partial charge in [-0.25, -0.2) is 0 Å². The number of hydrogen-bond acceptors (Lipinski definition) is 3. The summed E-state index contributed by atoms with van der Waals surface area (Å²) in [5, 5.41) is 0. The summed E-state index contributed by atoms with van der Waals surface area (Å²) in [5.41, 5.74) is 4.06. The second-order valence-corrected chi connectivity index (χ2v) is 7.06. The number of nitrogens with zero attached hydrogens (tertiary/aromatic N) is 1. The Morgan fingerprint density at radius 3 is 2.65 bits per heavy atom. The average molecular weight is 414 g/mol. The molecule has 0 N–H and O–H groups in total. The van der Waals surface area contributed by atoms with E-state index >= 15 is 0 Å².